The Morgan fingerprint density at radius 3 is 3.11 bits per heavy atom. The van der Waals surface area contributed by atoms with Gasteiger partial charge in [-0.1, -0.05) is 6.82 Å². The third-order valence-electron chi connectivity index (χ3n) is 2.65. The highest BCUT2D eigenvalue weighted by Gasteiger charge is 2.17. The minimum Gasteiger partial charge on any atom is -0.297 e. The van der Waals surface area contributed by atoms with E-state index >= 15 is 0 Å². The second-order valence-electron chi connectivity index (χ2n) is 3.80. The molecule has 0 saturated carbocycles. The van der Waals surface area contributed by atoms with Gasteiger partial charge in [-0.05, 0) is 16.9 Å². The number of carbonyl (C=O) groups is 1. The Labute approximate surface area is 109 Å². The van der Waals surface area contributed by atoms with E-state index in [9.17, 15) is 4.79 Å². The van der Waals surface area contributed by atoms with E-state index in [0.29, 0.717) is 11.3 Å². The van der Waals surface area contributed by atoms with Crippen molar-refractivity contribution in [2.24, 2.45) is 0 Å². The standard InChI is InChI=1S/C12H9BN3OS/c1-13-9-6-16-7-15-10(12(16)18-9)11(17)8-3-2-4-14-5-8/h2-7H,1H3. The minimum atomic E-state index is -0.0879. The van der Waals surface area contributed by atoms with Gasteiger partial charge in [-0.25, -0.2) is 4.98 Å². The van der Waals surface area contributed by atoms with Gasteiger partial charge < -0.3 is 0 Å². The number of fused-ring (bicyclic) bond motifs is 1. The van der Waals surface area contributed by atoms with Crippen LogP contribution >= 0.6 is 11.3 Å². The largest absolute Gasteiger partial charge is 0.297 e. The van der Waals surface area contributed by atoms with Gasteiger partial charge >= 0.3 is 0 Å². The van der Waals surface area contributed by atoms with Crippen molar-refractivity contribution >= 4 is 34.0 Å². The molecular weight excluding hydrogens is 245 g/mol. The van der Waals surface area contributed by atoms with Crippen LogP contribution in [0.1, 0.15) is 16.1 Å². The Kier molecular flexibility index (Phi) is 2.72. The van der Waals surface area contributed by atoms with Crippen molar-refractivity contribution in [2.75, 3.05) is 0 Å². The molecule has 18 heavy (non-hydrogen) atoms. The molecule has 0 aliphatic carbocycles. The Hall–Kier alpha value is -1.95. The lowest BCUT2D eigenvalue weighted by Crippen LogP contribution is -2.04. The summed E-state index contributed by atoms with van der Waals surface area (Å²) in [7, 11) is 2.01. The van der Waals surface area contributed by atoms with Gasteiger partial charge in [0.15, 0.2) is 7.28 Å². The summed E-state index contributed by atoms with van der Waals surface area (Å²) in [5.41, 5.74) is 1.05. The van der Waals surface area contributed by atoms with Crippen LogP contribution in [-0.4, -0.2) is 27.4 Å². The molecule has 3 heterocycles. The van der Waals surface area contributed by atoms with E-state index in [1.165, 1.54) is 0 Å². The van der Waals surface area contributed by atoms with Crippen molar-refractivity contribution in [3.05, 3.63) is 48.3 Å². The minimum absolute atomic E-state index is 0.0879. The summed E-state index contributed by atoms with van der Waals surface area (Å²) in [6.45, 7) is 1.97. The summed E-state index contributed by atoms with van der Waals surface area (Å²) < 4.78 is 3.00. The van der Waals surface area contributed by atoms with Crippen molar-refractivity contribution in [2.45, 2.75) is 6.82 Å². The summed E-state index contributed by atoms with van der Waals surface area (Å²) in [5, 5.41) is 0. The second-order valence-corrected chi connectivity index (χ2v) is 4.86. The number of rotatable bonds is 3. The van der Waals surface area contributed by atoms with Crippen LogP contribution in [0, 0.1) is 0 Å². The molecule has 6 heteroatoms. The Morgan fingerprint density at radius 2 is 2.39 bits per heavy atom. The maximum Gasteiger partial charge on any atom is 0.215 e. The zero-order valence-corrected chi connectivity index (χ0v) is 10.5. The molecule has 0 saturated heterocycles. The Bertz CT molecular complexity index is 705. The van der Waals surface area contributed by atoms with Crippen molar-refractivity contribution < 1.29 is 4.79 Å². The highest BCUT2D eigenvalue weighted by molar-refractivity contribution is 7.26. The van der Waals surface area contributed by atoms with Gasteiger partial charge in [0.1, 0.15) is 16.9 Å². The number of aromatic nitrogens is 3. The van der Waals surface area contributed by atoms with E-state index in [-0.39, 0.29) is 5.78 Å². The smallest absolute Gasteiger partial charge is 0.215 e. The third kappa shape index (κ3) is 1.74. The predicted octanol–water partition coefficient (Wildman–Crippen LogP) is 1.40. The monoisotopic (exact) mass is 254 g/mol. The van der Waals surface area contributed by atoms with Crippen LogP contribution in [0.5, 0.6) is 0 Å². The molecule has 0 atom stereocenters. The summed E-state index contributed by atoms with van der Waals surface area (Å²) in [6, 6.07) is 3.50. The van der Waals surface area contributed by atoms with Crippen molar-refractivity contribution in [1.29, 1.82) is 0 Å². The van der Waals surface area contributed by atoms with E-state index in [1.54, 1.807) is 42.2 Å². The van der Waals surface area contributed by atoms with Crippen LogP contribution in [0.25, 0.3) is 4.83 Å². The molecule has 0 bridgehead atoms. The number of carbonyl (C=O) groups excluding carboxylic acids is 1. The van der Waals surface area contributed by atoms with Crippen molar-refractivity contribution in [3.63, 3.8) is 0 Å². The number of imidazole rings is 1. The Morgan fingerprint density at radius 1 is 1.50 bits per heavy atom. The number of thiazole rings is 1. The Balaban J connectivity index is 2.09. The van der Waals surface area contributed by atoms with E-state index in [4.69, 9.17) is 0 Å². The third-order valence-corrected chi connectivity index (χ3v) is 3.83. The van der Waals surface area contributed by atoms with E-state index < -0.39 is 0 Å². The van der Waals surface area contributed by atoms with Crippen LogP contribution in [0.4, 0.5) is 0 Å². The van der Waals surface area contributed by atoms with Crippen LogP contribution < -0.4 is 4.78 Å². The molecule has 0 aliphatic heterocycles. The fourth-order valence-corrected chi connectivity index (χ4v) is 2.70. The lowest BCUT2D eigenvalue weighted by atomic mass is 9.81. The van der Waals surface area contributed by atoms with Crippen molar-refractivity contribution in [3.8, 4) is 0 Å². The topological polar surface area (TPSA) is 47.3 Å². The molecule has 3 aromatic heterocycles. The molecule has 1 radical (unpaired) electrons. The van der Waals surface area contributed by atoms with Gasteiger partial charge in [-0.2, -0.15) is 0 Å². The van der Waals surface area contributed by atoms with Crippen molar-refractivity contribution in [1.82, 2.24) is 14.4 Å². The number of hydrogen-bond acceptors (Lipinski definition) is 4. The van der Waals surface area contributed by atoms with Crippen LogP contribution in [0.3, 0.4) is 0 Å². The molecule has 0 fully saturated rings. The summed E-state index contributed by atoms with van der Waals surface area (Å²) in [4.78, 5) is 21.3. The SMILES string of the molecule is C[B]c1cn2cnc(C(=O)c3cccnc3)c2s1. The van der Waals surface area contributed by atoms with E-state index in [2.05, 4.69) is 9.97 Å². The number of hydrogen-bond donors (Lipinski definition) is 0. The maximum atomic E-state index is 12.3. The van der Waals surface area contributed by atoms with Crippen LogP contribution in [0.2, 0.25) is 6.82 Å². The van der Waals surface area contributed by atoms with E-state index in [1.807, 2.05) is 24.7 Å². The zero-order chi connectivity index (χ0) is 12.5. The maximum absolute atomic E-state index is 12.3. The summed E-state index contributed by atoms with van der Waals surface area (Å²) in [6.07, 6.45) is 6.85. The molecule has 3 aromatic rings. The summed E-state index contributed by atoms with van der Waals surface area (Å²) >= 11 is 1.56. The average Bonchev–Trinajstić information content (AvgIpc) is 2.98. The number of ketones is 1. The zero-order valence-electron chi connectivity index (χ0n) is 9.70. The first-order chi connectivity index (χ1) is 8.79. The van der Waals surface area contributed by atoms with E-state index in [0.717, 1.165) is 9.61 Å². The predicted molar refractivity (Wildman–Crippen MR) is 72.0 cm³/mol. The molecule has 0 aliphatic rings. The fourth-order valence-electron chi connectivity index (χ4n) is 1.74. The molecule has 0 aromatic carbocycles. The average molecular weight is 254 g/mol. The van der Waals surface area contributed by atoms with Gasteiger partial charge in [0.05, 0.1) is 0 Å². The quantitative estimate of drug-likeness (QED) is 0.524. The highest BCUT2D eigenvalue weighted by atomic mass is 32.1. The lowest BCUT2D eigenvalue weighted by Gasteiger charge is -1.95. The first-order valence-corrected chi connectivity index (χ1v) is 6.32. The molecule has 87 valence electrons. The molecule has 0 unspecified atom stereocenters. The van der Waals surface area contributed by atoms with Gasteiger partial charge in [0.2, 0.25) is 5.78 Å². The highest BCUT2D eigenvalue weighted by Crippen LogP contribution is 2.17. The lowest BCUT2D eigenvalue weighted by molar-refractivity contribution is 0.103. The van der Waals surface area contributed by atoms with Gasteiger partial charge in [0.25, 0.3) is 0 Å². The molecular formula is C12H9BN3OS. The second kappa shape index (κ2) is 4.38. The van der Waals surface area contributed by atoms with Gasteiger partial charge in [0, 0.05) is 24.2 Å². The number of nitrogens with zero attached hydrogens (tertiary/aromatic N) is 3. The fraction of sp³-hybridized carbons (Fsp3) is 0.0833. The molecule has 0 spiro atoms. The van der Waals surface area contributed by atoms with Crippen LogP contribution in [-0.2, 0) is 0 Å². The molecule has 0 N–H and O–H groups in total. The normalized spacial score (nSPS) is 10.7. The van der Waals surface area contributed by atoms with Crippen LogP contribution in [0.15, 0.2) is 37.1 Å². The van der Waals surface area contributed by atoms with Gasteiger partial charge in [-0.15, -0.1) is 11.3 Å². The summed E-state index contributed by atoms with van der Waals surface area (Å²) in [5.74, 6) is -0.0879. The molecule has 4 nitrogen and oxygen atoms in total. The number of pyridine rings is 1. The first-order valence-electron chi connectivity index (χ1n) is 5.50. The molecule has 0 amide bonds. The van der Waals surface area contributed by atoms with Gasteiger partial charge in [-0.3, -0.25) is 14.2 Å². The first kappa shape index (κ1) is 11.2. The molecule has 3 rings (SSSR count).